The molecule has 0 aliphatic carbocycles. The molecule has 1 unspecified atom stereocenters. The van der Waals surface area contributed by atoms with E-state index in [1.54, 1.807) is 31.4 Å². The van der Waals surface area contributed by atoms with Gasteiger partial charge >= 0.3 is 5.97 Å². The molecule has 1 aromatic heterocycles. The molecule has 3 rings (SSSR count). The monoisotopic (exact) mass is 520 g/mol. The van der Waals surface area contributed by atoms with E-state index in [0.29, 0.717) is 22.0 Å². The van der Waals surface area contributed by atoms with Gasteiger partial charge in [-0.25, -0.2) is 4.79 Å². The summed E-state index contributed by atoms with van der Waals surface area (Å²) in [5, 5.41) is 9.09. The van der Waals surface area contributed by atoms with Gasteiger partial charge < -0.3 is 15.6 Å². The minimum absolute atomic E-state index is 0.244. The third kappa shape index (κ3) is 9.84. The van der Waals surface area contributed by atoms with Crippen LogP contribution in [0.4, 0.5) is 5.69 Å². The summed E-state index contributed by atoms with van der Waals surface area (Å²) in [6.07, 6.45) is 11.5. The number of hydrogen-bond acceptors (Lipinski definition) is 5. The normalized spacial score (nSPS) is 12.0. The predicted molar refractivity (Wildman–Crippen MR) is 150 cm³/mol. The highest BCUT2D eigenvalue weighted by Gasteiger charge is 2.10. The van der Waals surface area contributed by atoms with Crippen LogP contribution in [0.25, 0.3) is 6.08 Å². The Labute approximate surface area is 222 Å². The molecule has 0 bridgehead atoms. The lowest BCUT2D eigenvalue weighted by molar-refractivity contribution is -0.131. The third-order valence-corrected chi connectivity index (χ3v) is 7.51. The Morgan fingerprint density at radius 1 is 0.973 bits per heavy atom. The maximum absolute atomic E-state index is 12.8. The number of carbonyl (C=O) groups is 1. The van der Waals surface area contributed by atoms with Crippen molar-refractivity contribution in [1.82, 2.24) is 4.98 Å². The van der Waals surface area contributed by atoms with E-state index in [0.717, 1.165) is 43.1 Å². The number of nitrogens with zero attached hydrogens (tertiary/aromatic N) is 1. The van der Waals surface area contributed by atoms with E-state index in [4.69, 9.17) is 15.6 Å². The number of aliphatic carboxylic acids is 1. The van der Waals surface area contributed by atoms with Crippen LogP contribution in [0.1, 0.15) is 61.0 Å². The number of nitrogen functional groups attached to an aromatic ring is 1. The zero-order valence-electron chi connectivity index (χ0n) is 21.4. The number of unbranched alkanes of at least 4 members (excludes halogenated alkanes) is 5. The topological polar surface area (TPSA) is 103 Å². The quantitative estimate of drug-likeness (QED) is 0.140. The molecule has 0 aliphatic heterocycles. The molecule has 6 nitrogen and oxygen atoms in total. The van der Waals surface area contributed by atoms with Crippen molar-refractivity contribution in [2.45, 2.75) is 62.0 Å². The number of anilines is 1. The number of carboxylic acids is 1. The number of hydrogen-bond donors (Lipinski definition) is 2. The number of methoxy groups -OCH3 is 1. The lowest BCUT2D eigenvalue weighted by Crippen LogP contribution is -2.03. The summed E-state index contributed by atoms with van der Waals surface area (Å²) >= 11 is 0. The standard InChI is InChI=1S/C30H36N2O4S/c1-36-27-17-13-23(14-18-27)9-6-4-2-3-5-7-10-24-15-16-26(32-29(24)19-20-30(33)34)22-37(35)28-12-8-11-25(31)21-28/h8,11-21H,2-7,9-10,22,31H2,1H3,(H,33,34)/b20-19+. The Bertz CT molecular complexity index is 1210. The highest BCUT2D eigenvalue weighted by Crippen LogP contribution is 2.19. The van der Waals surface area contributed by atoms with E-state index in [9.17, 15) is 9.00 Å². The Morgan fingerprint density at radius 2 is 1.68 bits per heavy atom. The van der Waals surface area contributed by atoms with Crippen molar-refractivity contribution in [3.05, 3.63) is 89.3 Å². The first-order valence-corrected chi connectivity index (χ1v) is 14.0. The van der Waals surface area contributed by atoms with Crippen molar-refractivity contribution in [2.75, 3.05) is 12.8 Å². The molecule has 3 aromatic rings. The second-order valence-corrected chi connectivity index (χ2v) is 10.5. The third-order valence-electron chi connectivity index (χ3n) is 6.17. The summed E-state index contributed by atoms with van der Waals surface area (Å²) in [5.74, 6) is 0.118. The van der Waals surface area contributed by atoms with Gasteiger partial charge in [0.1, 0.15) is 5.75 Å². The van der Waals surface area contributed by atoms with Crippen LogP contribution in [-0.4, -0.2) is 27.4 Å². The highest BCUT2D eigenvalue weighted by atomic mass is 32.2. The highest BCUT2D eigenvalue weighted by molar-refractivity contribution is 7.84. The molecule has 0 spiro atoms. The molecule has 7 heteroatoms. The number of nitrogens with two attached hydrogens (primary N) is 1. The van der Waals surface area contributed by atoms with Gasteiger partial charge in [0, 0.05) is 16.7 Å². The Balaban J connectivity index is 1.46. The molecule has 0 aliphatic rings. The predicted octanol–water partition coefficient (Wildman–Crippen LogP) is 6.20. The number of pyridine rings is 1. The van der Waals surface area contributed by atoms with E-state index in [1.165, 1.54) is 37.3 Å². The molecule has 0 amide bonds. The molecule has 37 heavy (non-hydrogen) atoms. The number of aryl methyl sites for hydroxylation is 2. The second kappa shape index (κ2) is 15.0. The van der Waals surface area contributed by atoms with Crippen LogP contribution in [0, 0.1) is 0 Å². The van der Waals surface area contributed by atoms with E-state index in [-0.39, 0.29) is 5.75 Å². The molecule has 1 heterocycles. The first kappa shape index (κ1) is 28.1. The van der Waals surface area contributed by atoms with Gasteiger partial charge in [-0.3, -0.25) is 9.19 Å². The van der Waals surface area contributed by atoms with Crippen molar-refractivity contribution >= 4 is 28.5 Å². The largest absolute Gasteiger partial charge is 0.497 e. The number of ether oxygens (including phenoxy) is 1. The van der Waals surface area contributed by atoms with Gasteiger partial charge in [0.15, 0.2) is 0 Å². The van der Waals surface area contributed by atoms with Gasteiger partial charge in [-0.1, -0.05) is 49.9 Å². The zero-order valence-corrected chi connectivity index (χ0v) is 22.2. The first-order chi connectivity index (χ1) is 17.9. The minimum Gasteiger partial charge on any atom is -0.497 e. The number of rotatable bonds is 15. The van der Waals surface area contributed by atoms with Crippen molar-refractivity contribution < 1.29 is 18.8 Å². The number of carboxylic acid groups (broad SMARTS) is 1. The van der Waals surface area contributed by atoms with Crippen molar-refractivity contribution in [1.29, 1.82) is 0 Å². The van der Waals surface area contributed by atoms with Crippen LogP contribution in [0.5, 0.6) is 5.75 Å². The number of aromatic nitrogens is 1. The zero-order chi connectivity index (χ0) is 26.5. The van der Waals surface area contributed by atoms with Crippen LogP contribution in [0.2, 0.25) is 0 Å². The van der Waals surface area contributed by atoms with Crippen LogP contribution in [0.15, 0.2) is 71.6 Å². The molecule has 2 aromatic carbocycles. The van der Waals surface area contributed by atoms with Crippen LogP contribution < -0.4 is 10.5 Å². The summed E-state index contributed by atoms with van der Waals surface area (Å²) in [4.78, 5) is 16.4. The van der Waals surface area contributed by atoms with Gasteiger partial charge in [-0.05, 0) is 79.3 Å². The molecule has 0 saturated carbocycles. The van der Waals surface area contributed by atoms with Gasteiger partial charge in [0.05, 0.1) is 35.1 Å². The molecule has 196 valence electrons. The maximum Gasteiger partial charge on any atom is 0.328 e. The van der Waals surface area contributed by atoms with Gasteiger partial charge in [0.2, 0.25) is 0 Å². The van der Waals surface area contributed by atoms with Crippen molar-refractivity contribution in [3.63, 3.8) is 0 Å². The lowest BCUT2D eigenvalue weighted by atomic mass is 10.0. The average Bonchev–Trinajstić information content (AvgIpc) is 2.90. The van der Waals surface area contributed by atoms with E-state index in [2.05, 4.69) is 17.1 Å². The van der Waals surface area contributed by atoms with Crippen LogP contribution in [-0.2, 0) is 34.2 Å². The fourth-order valence-electron chi connectivity index (χ4n) is 4.15. The van der Waals surface area contributed by atoms with E-state index < -0.39 is 16.8 Å². The van der Waals surface area contributed by atoms with Crippen molar-refractivity contribution in [2.24, 2.45) is 0 Å². The average molecular weight is 521 g/mol. The Kier molecular flexibility index (Phi) is 11.4. The SMILES string of the molecule is COc1ccc(CCCCCCCCc2ccc(CS(=O)c3cccc(N)c3)nc2/C=C/C(=O)O)cc1. The Morgan fingerprint density at radius 3 is 2.35 bits per heavy atom. The molecular weight excluding hydrogens is 484 g/mol. The summed E-state index contributed by atoms with van der Waals surface area (Å²) in [5.41, 5.74) is 10.0. The first-order valence-electron chi connectivity index (χ1n) is 12.7. The summed E-state index contributed by atoms with van der Waals surface area (Å²) in [6.45, 7) is 0. The minimum atomic E-state index is -1.29. The molecule has 0 fully saturated rings. The molecule has 0 saturated heterocycles. The molecular formula is C30H36N2O4S. The maximum atomic E-state index is 12.8. The summed E-state index contributed by atoms with van der Waals surface area (Å²) in [6, 6.07) is 19.2. The van der Waals surface area contributed by atoms with E-state index in [1.807, 2.05) is 24.3 Å². The van der Waals surface area contributed by atoms with Crippen LogP contribution >= 0.6 is 0 Å². The van der Waals surface area contributed by atoms with Crippen LogP contribution in [0.3, 0.4) is 0 Å². The molecule has 0 radical (unpaired) electrons. The molecule has 1 atom stereocenters. The van der Waals surface area contributed by atoms with Crippen molar-refractivity contribution in [3.8, 4) is 5.75 Å². The number of benzene rings is 2. The van der Waals surface area contributed by atoms with Gasteiger partial charge in [0.25, 0.3) is 0 Å². The molecule has 3 N–H and O–H groups in total. The lowest BCUT2D eigenvalue weighted by Gasteiger charge is -2.09. The van der Waals surface area contributed by atoms with Gasteiger partial charge in [-0.2, -0.15) is 0 Å². The Hall–Kier alpha value is -3.45. The summed E-state index contributed by atoms with van der Waals surface area (Å²) in [7, 11) is 0.396. The van der Waals surface area contributed by atoms with Gasteiger partial charge in [-0.15, -0.1) is 0 Å². The second-order valence-electron chi connectivity index (χ2n) is 9.05. The van der Waals surface area contributed by atoms with E-state index >= 15 is 0 Å². The fraction of sp³-hybridized carbons (Fsp3) is 0.333. The summed E-state index contributed by atoms with van der Waals surface area (Å²) < 4.78 is 18.0. The smallest absolute Gasteiger partial charge is 0.328 e. The fourth-order valence-corrected chi connectivity index (χ4v) is 5.24.